The molecule has 8 heteroatoms. The van der Waals surface area contributed by atoms with Gasteiger partial charge >= 0.3 is 6.18 Å². The number of nitrogens with zero attached hydrogens (tertiary/aromatic N) is 2. The summed E-state index contributed by atoms with van der Waals surface area (Å²) < 4.78 is 52.9. The molecule has 0 amide bonds. The second kappa shape index (κ2) is 7.26. The van der Waals surface area contributed by atoms with E-state index in [1.165, 1.54) is 17.7 Å². The van der Waals surface area contributed by atoms with Crippen LogP contribution in [-0.2, 0) is 24.0 Å². The van der Waals surface area contributed by atoms with Gasteiger partial charge in [0.1, 0.15) is 0 Å². The van der Waals surface area contributed by atoms with Gasteiger partial charge in [0.2, 0.25) is 0 Å². The number of rotatable bonds is 3. The summed E-state index contributed by atoms with van der Waals surface area (Å²) in [5.74, 6) is 0. The van der Waals surface area contributed by atoms with Gasteiger partial charge in [-0.25, -0.2) is 0 Å². The van der Waals surface area contributed by atoms with Crippen LogP contribution in [0.25, 0.3) is 0 Å². The Balaban J connectivity index is 1.38. The van der Waals surface area contributed by atoms with Crippen LogP contribution in [0.1, 0.15) is 11.1 Å². The van der Waals surface area contributed by atoms with Crippen LogP contribution < -0.4 is 10.2 Å². The third-order valence-corrected chi connectivity index (χ3v) is 6.51. The molecule has 0 bridgehead atoms. The van der Waals surface area contributed by atoms with Gasteiger partial charge in [-0.15, -0.1) is 4.31 Å². The highest BCUT2D eigenvalue weighted by Crippen LogP contribution is 2.31. The lowest BCUT2D eigenvalue weighted by atomic mass is 10.2. The van der Waals surface area contributed by atoms with E-state index in [0.29, 0.717) is 26.2 Å². The van der Waals surface area contributed by atoms with E-state index in [-0.39, 0.29) is 0 Å². The van der Waals surface area contributed by atoms with Crippen LogP contribution in [0.2, 0.25) is 0 Å². The molecular weight excluding hydrogens is 375 g/mol. The van der Waals surface area contributed by atoms with Crippen molar-refractivity contribution < 1.29 is 17.7 Å². The van der Waals surface area contributed by atoms with Crippen molar-refractivity contribution in [3.05, 3.63) is 53.6 Å². The van der Waals surface area contributed by atoms with Crippen LogP contribution in [0.5, 0.6) is 0 Å². The Morgan fingerprint density at radius 2 is 1.67 bits per heavy atom. The molecular formula is C19H20F3N3OS. The van der Waals surface area contributed by atoms with E-state index in [4.69, 9.17) is 0 Å². The summed E-state index contributed by atoms with van der Waals surface area (Å²) in [5, 5.41) is 3.29. The van der Waals surface area contributed by atoms with Gasteiger partial charge in [-0.1, -0.05) is 0 Å². The zero-order valence-corrected chi connectivity index (χ0v) is 15.4. The maximum absolute atomic E-state index is 12.9. The number of hydrogen-bond donors (Lipinski definition) is 1. The number of fused-ring (bicyclic) bond motifs is 1. The smallest absolute Gasteiger partial charge is 0.416 e. The quantitative estimate of drug-likeness (QED) is 0.808. The van der Waals surface area contributed by atoms with Gasteiger partial charge in [0.15, 0.2) is 4.90 Å². The molecule has 2 heterocycles. The van der Waals surface area contributed by atoms with E-state index >= 15 is 0 Å². The number of hydrogen-bond acceptors (Lipinski definition) is 4. The molecule has 2 aliphatic rings. The minimum atomic E-state index is -4.32. The van der Waals surface area contributed by atoms with Crippen molar-refractivity contribution in [2.45, 2.75) is 17.5 Å². The zero-order valence-electron chi connectivity index (χ0n) is 14.6. The summed E-state index contributed by atoms with van der Waals surface area (Å²) in [6.07, 6.45) is -3.37. The van der Waals surface area contributed by atoms with Gasteiger partial charge < -0.3 is 14.8 Å². The molecule has 144 valence electrons. The van der Waals surface area contributed by atoms with Crippen LogP contribution in [0.4, 0.5) is 24.5 Å². The van der Waals surface area contributed by atoms with E-state index < -0.39 is 23.1 Å². The molecule has 2 aromatic carbocycles. The second-order valence-electron chi connectivity index (χ2n) is 6.71. The summed E-state index contributed by atoms with van der Waals surface area (Å²) in [7, 11) is 0. The van der Waals surface area contributed by atoms with Crippen LogP contribution in [0, 0.1) is 0 Å². The lowest BCUT2D eigenvalue weighted by molar-refractivity contribution is -0.137. The monoisotopic (exact) mass is 395 g/mol. The predicted octanol–water partition coefficient (Wildman–Crippen LogP) is 3.52. The molecule has 4 nitrogen and oxygen atoms in total. The van der Waals surface area contributed by atoms with Crippen molar-refractivity contribution in [1.29, 1.82) is 0 Å². The van der Waals surface area contributed by atoms with Gasteiger partial charge in [-0.05, 0) is 48.4 Å². The molecule has 0 aliphatic carbocycles. The molecule has 1 unspecified atom stereocenters. The molecule has 1 N–H and O–H groups in total. The third kappa shape index (κ3) is 3.88. The summed E-state index contributed by atoms with van der Waals surface area (Å²) in [6.45, 7) is 3.37. The second-order valence-corrected chi connectivity index (χ2v) is 8.19. The summed E-state index contributed by atoms with van der Waals surface area (Å²) >= 11 is -1.22. The van der Waals surface area contributed by atoms with Gasteiger partial charge in [0, 0.05) is 37.1 Å². The minimum absolute atomic E-state index is 0.600. The number of benzene rings is 2. The van der Waals surface area contributed by atoms with Gasteiger partial charge in [0.25, 0.3) is 0 Å². The third-order valence-electron chi connectivity index (χ3n) is 5.02. The molecule has 1 atom stereocenters. The highest BCUT2D eigenvalue weighted by atomic mass is 32.2. The largest absolute Gasteiger partial charge is 0.593 e. The van der Waals surface area contributed by atoms with Crippen molar-refractivity contribution in [3.8, 4) is 0 Å². The minimum Gasteiger partial charge on any atom is -0.593 e. The Hall–Kier alpha value is -1.90. The molecule has 1 fully saturated rings. The number of halogens is 3. The highest BCUT2D eigenvalue weighted by molar-refractivity contribution is 7.89. The van der Waals surface area contributed by atoms with Crippen molar-refractivity contribution in [2.24, 2.45) is 0 Å². The Labute approximate surface area is 159 Å². The van der Waals surface area contributed by atoms with Crippen molar-refractivity contribution in [3.63, 3.8) is 0 Å². The molecule has 4 rings (SSSR count). The Kier molecular flexibility index (Phi) is 4.96. The molecule has 2 aromatic rings. The average Bonchev–Trinajstić information content (AvgIpc) is 3.15. The van der Waals surface area contributed by atoms with Crippen molar-refractivity contribution in [1.82, 2.24) is 4.31 Å². The highest BCUT2D eigenvalue weighted by Gasteiger charge is 2.31. The summed E-state index contributed by atoms with van der Waals surface area (Å²) in [5.41, 5.74) is 2.43. The average molecular weight is 395 g/mol. The Bertz CT molecular complexity index is 805. The normalized spacial score (nSPS) is 18.9. The summed E-state index contributed by atoms with van der Waals surface area (Å²) in [6, 6.07) is 11.1. The molecule has 2 aliphatic heterocycles. The Morgan fingerprint density at radius 3 is 2.33 bits per heavy atom. The number of anilines is 2. The van der Waals surface area contributed by atoms with E-state index in [1.54, 1.807) is 0 Å². The maximum atomic E-state index is 12.9. The lowest BCUT2D eigenvalue weighted by Crippen LogP contribution is -2.48. The topological polar surface area (TPSA) is 41.6 Å². The first kappa shape index (κ1) is 18.5. The van der Waals surface area contributed by atoms with E-state index in [9.17, 15) is 17.7 Å². The van der Waals surface area contributed by atoms with Crippen LogP contribution in [-0.4, -0.2) is 41.6 Å². The maximum Gasteiger partial charge on any atom is 0.416 e. The Morgan fingerprint density at radius 1 is 0.963 bits per heavy atom. The fourth-order valence-corrected chi connectivity index (χ4v) is 4.73. The fraction of sp³-hybridized carbons (Fsp3) is 0.368. The molecule has 0 saturated carbocycles. The number of alkyl halides is 3. The first-order valence-electron chi connectivity index (χ1n) is 8.88. The SMILES string of the molecule is [O-][S+](c1ccc2c(c1)CCN2)N1CCN(c2ccc(C(F)(F)F)cc2)CC1. The van der Waals surface area contributed by atoms with Gasteiger partial charge in [-0.2, -0.15) is 13.2 Å². The number of piperazine rings is 1. The predicted molar refractivity (Wildman–Crippen MR) is 100 cm³/mol. The van der Waals surface area contributed by atoms with E-state index in [2.05, 4.69) is 5.32 Å². The molecule has 0 spiro atoms. The standard InChI is InChI=1S/C19H20F3N3OS/c20-19(21,22)15-1-3-16(4-2-15)24-9-11-25(12-10-24)27(26)17-5-6-18-14(13-17)7-8-23-18/h1-6,13,23H,7-12H2. The molecule has 0 aromatic heterocycles. The zero-order chi connectivity index (χ0) is 19.0. The summed E-state index contributed by atoms with van der Waals surface area (Å²) in [4.78, 5) is 2.83. The number of nitrogens with one attached hydrogen (secondary N) is 1. The molecule has 27 heavy (non-hydrogen) atoms. The van der Waals surface area contributed by atoms with Gasteiger partial charge in [0.05, 0.1) is 30.0 Å². The van der Waals surface area contributed by atoms with E-state index in [1.807, 2.05) is 27.4 Å². The molecule has 0 radical (unpaired) electrons. The van der Waals surface area contributed by atoms with Crippen LogP contribution in [0.3, 0.4) is 0 Å². The van der Waals surface area contributed by atoms with Gasteiger partial charge in [-0.3, -0.25) is 0 Å². The first-order chi connectivity index (χ1) is 12.9. The van der Waals surface area contributed by atoms with E-state index in [0.717, 1.165) is 41.4 Å². The van der Waals surface area contributed by atoms with Crippen LogP contribution >= 0.6 is 0 Å². The lowest BCUT2D eigenvalue weighted by Gasteiger charge is -2.35. The van der Waals surface area contributed by atoms with Crippen LogP contribution in [0.15, 0.2) is 47.4 Å². The first-order valence-corrected chi connectivity index (χ1v) is 9.98. The van der Waals surface area contributed by atoms with Crippen molar-refractivity contribution in [2.75, 3.05) is 42.9 Å². The van der Waals surface area contributed by atoms with Crippen molar-refractivity contribution >= 4 is 22.7 Å². The molecule has 1 saturated heterocycles. The fourth-order valence-electron chi connectivity index (χ4n) is 3.51.